The summed E-state index contributed by atoms with van der Waals surface area (Å²) in [7, 11) is 0. The summed E-state index contributed by atoms with van der Waals surface area (Å²) >= 11 is 0. The van der Waals surface area contributed by atoms with Gasteiger partial charge in [0.2, 0.25) is 11.7 Å². The largest absolute Gasteiger partial charge is 0.490 e. The Bertz CT molecular complexity index is 1120. The van der Waals surface area contributed by atoms with Crippen molar-refractivity contribution in [3.8, 4) is 23.3 Å². The summed E-state index contributed by atoms with van der Waals surface area (Å²) in [5.74, 6) is 1.65. The van der Waals surface area contributed by atoms with Gasteiger partial charge in [-0.3, -0.25) is 4.79 Å². The average molecular weight is 434 g/mol. The van der Waals surface area contributed by atoms with E-state index in [1.165, 1.54) is 11.1 Å². The molecule has 0 bridgehead atoms. The van der Waals surface area contributed by atoms with Crippen molar-refractivity contribution in [1.82, 2.24) is 15.5 Å². The molecule has 0 aliphatic heterocycles. The number of hydrogen-bond acceptors (Lipinski definition) is 7. The minimum Gasteiger partial charge on any atom is -0.490 e. The molecule has 1 atom stereocenters. The molecule has 2 aromatic rings. The second kappa shape index (κ2) is 9.37. The van der Waals surface area contributed by atoms with Gasteiger partial charge in [-0.15, -0.1) is 0 Å². The van der Waals surface area contributed by atoms with Crippen molar-refractivity contribution in [2.75, 3.05) is 13.1 Å². The lowest BCUT2D eigenvalue weighted by atomic mass is 9.89. The Hall–Kier alpha value is -3.44. The quantitative estimate of drug-likeness (QED) is 0.685. The Morgan fingerprint density at radius 1 is 1.41 bits per heavy atom. The second-order valence-electron chi connectivity index (χ2n) is 8.32. The van der Waals surface area contributed by atoms with Crippen LogP contribution in [0.4, 0.5) is 0 Å². The topological polar surface area (TPSA) is 127 Å². The number of nitrogens with two attached hydrogens (primary N) is 1. The van der Waals surface area contributed by atoms with E-state index in [1.807, 2.05) is 19.9 Å². The van der Waals surface area contributed by atoms with Crippen molar-refractivity contribution < 1.29 is 14.1 Å². The number of nitriles is 1. The lowest BCUT2D eigenvalue weighted by Crippen LogP contribution is -2.34. The van der Waals surface area contributed by atoms with Crippen LogP contribution < -0.4 is 15.8 Å². The summed E-state index contributed by atoms with van der Waals surface area (Å²) in [4.78, 5) is 16.2. The SMILES string of the molecule is CC(C)Oc1ccc(-c2nc(C3=CCCC4=C3CCC4CNC(=O)CN)no2)cc1C#N. The smallest absolute Gasteiger partial charge is 0.258 e. The summed E-state index contributed by atoms with van der Waals surface area (Å²) < 4.78 is 11.2. The monoisotopic (exact) mass is 433 g/mol. The van der Waals surface area contributed by atoms with Crippen molar-refractivity contribution in [1.29, 1.82) is 5.26 Å². The zero-order chi connectivity index (χ0) is 22.7. The maximum Gasteiger partial charge on any atom is 0.258 e. The molecule has 8 nitrogen and oxygen atoms in total. The van der Waals surface area contributed by atoms with Crippen LogP contribution >= 0.6 is 0 Å². The number of hydrogen-bond donors (Lipinski definition) is 2. The number of nitrogens with one attached hydrogen (secondary N) is 1. The number of rotatable bonds is 7. The Kier molecular flexibility index (Phi) is 6.37. The summed E-state index contributed by atoms with van der Waals surface area (Å²) in [6.07, 6.45) is 5.93. The van der Waals surface area contributed by atoms with Gasteiger partial charge < -0.3 is 20.3 Å². The first kappa shape index (κ1) is 21.8. The van der Waals surface area contributed by atoms with Crippen molar-refractivity contribution in [2.45, 2.75) is 45.6 Å². The molecule has 0 radical (unpaired) electrons. The normalized spacial score (nSPS) is 17.7. The van der Waals surface area contributed by atoms with E-state index in [2.05, 4.69) is 27.6 Å². The fourth-order valence-electron chi connectivity index (χ4n) is 4.38. The minimum absolute atomic E-state index is 0.00744. The van der Waals surface area contributed by atoms with Crippen molar-refractivity contribution in [3.63, 3.8) is 0 Å². The summed E-state index contributed by atoms with van der Waals surface area (Å²) in [5, 5.41) is 16.6. The van der Waals surface area contributed by atoms with Gasteiger partial charge in [0.25, 0.3) is 5.89 Å². The fourth-order valence-corrected chi connectivity index (χ4v) is 4.38. The van der Waals surface area contributed by atoms with Crippen LogP contribution in [0, 0.1) is 17.2 Å². The van der Waals surface area contributed by atoms with Gasteiger partial charge in [0.05, 0.1) is 18.2 Å². The molecule has 2 aliphatic carbocycles. The van der Waals surface area contributed by atoms with E-state index in [-0.39, 0.29) is 18.6 Å². The van der Waals surface area contributed by atoms with Crippen LogP contribution in [0.15, 0.2) is 39.9 Å². The van der Waals surface area contributed by atoms with Gasteiger partial charge in [-0.05, 0) is 69.2 Å². The highest BCUT2D eigenvalue weighted by Crippen LogP contribution is 2.44. The van der Waals surface area contributed by atoms with Gasteiger partial charge in [-0.1, -0.05) is 16.8 Å². The molecule has 1 heterocycles. The molecule has 166 valence electrons. The van der Waals surface area contributed by atoms with Gasteiger partial charge in [0, 0.05) is 17.7 Å². The highest BCUT2D eigenvalue weighted by atomic mass is 16.5. The molecule has 1 aromatic carbocycles. The van der Waals surface area contributed by atoms with Gasteiger partial charge in [-0.2, -0.15) is 10.2 Å². The van der Waals surface area contributed by atoms with Crippen LogP contribution in [-0.2, 0) is 4.79 Å². The number of ether oxygens (including phenoxy) is 1. The summed E-state index contributed by atoms with van der Waals surface area (Å²) in [6.45, 7) is 4.45. The molecule has 1 aromatic heterocycles. The van der Waals surface area contributed by atoms with Gasteiger partial charge in [0.15, 0.2) is 0 Å². The molecule has 0 fully saturated rings. The number of carbonyl (C=O) groups is 1. The zero-order valence-electron chi connectivity index (χ0n) is 18.4. The maximum absolute atomic E-state index is 11.5. The molecular formula is C24H27N5O3. The van der Waals surface area contributed by atoms with E-state index < -0.39 is 0 Å². The van der Waals surface area contributed by atoms with Crippen molar-refractivity contribution >= 4 is 11.5 Å². The molecular weight excluding hydrogens is 406 g/mol. The average Bonchev–Trinajstić information content (AvgIpc) is 3.44. The van der Waals surface area contributed by atoms with Gasteiger partial charge >= 0.3 is 0 Å². The predicted molar refractivity (Wildman–Crippen MR) is 119 cm³/mol. The molecule has 2 aliphatic rings. The molecule has 32 heavy (non-hydrogen) atoms. The van der Waals surface area contributed by atoms with Crippen molar-refractivity contribution in [3.05, 3.63) is 46.8 Å². The zero-order valence-corrected chi connectivity index (χ0v) is 18.4. The molecule has 0 saturated heterocycles. The Labute approximate surface area is 187 Å². The maximum atomic E-state index is 11.5. The van der Waals surface area contributed by atoms with E-state index >= 15 is 0 Å². The van der Waals surface area contributed by atoms with Crippen LogP contribution in [0.2, 0.25) is 0 Å². The highest BCUT2D eigenvalue weighted by molar-refractivity contribution is 5.80. The Balaban J connectivity index is 1.56. The van der Waals surface area contributed by atoms with Crippen LogP contribution in [0.1, 0.15) is 50.9 Å². The summed E-state index contributed by atoms with van der Waals surface area (Å²) in [5.41, 5.74) is 10.1. The number of benzene rings is 1. The number of amides is 1. The lowest BCUT2D eigenvalue weighted by Gasteiger charge is -2.19. The molecule has 8 heteroatoms. The lowest BCUT2D eigenvalue weighted by molar-refractivity contribution is -0.119. The third-order valence-corrected chi connectivity index (χ3v) is 5.82. The predicted octanol–water partition coefficient (Wildman–Crippen LogP) is 3.35. The van der Waals surface area contributed by atoms with Crippen LogP contribution in [-0.4, -0.2) is 35.2 Å². The van der Waals surface area contributed by atoms with E-state index in [0.717, 1.165) is 31.3 Å². The minimum atomic E-state index is -0.130. The third kappa shape index (κ3) is 4.43. The standard InChI is InChI=1S/C24H27N5O3/c1-14(2)31-21-9-7-15(10-17(21)11-25)24-28-23(29-32-24)20-5-3-4-18-16(6-8-19(18)20)13-27-22(30)12-26/h5,7,9-10,14,16H,3-4,6,8,12-13,26H2,1-2H3,(H,27,30). The van der Waals surface area contributed by atoms with Crippen LogP contribution in [0.3, 0.4) is 0 Å². The highest BCUT2D eigenvalue weighted by Gasteiger charge is 2.31. The summed E-state index contributed by atoms with van der Waals surface area (Å²) in [6, 6.07) is 7.46. The molecule has 0 spiro atoms. The van der Waals surface area contributed by atoms with E-state index in [9.17, 15) is 10.1 Å². The first-order valence-electron chi connectivity index (χ1n) is 10.9. The fraction of sp³-hybridized carbons (Fsp3) is 0.417. The van der Waals surface area contributed by atoms with Crippen LogP contribution in [0.25, 0.3) is 17.0 Å². The van der Waals surface area contributed by atoms with E-state index in [1.54, 1.807) is 12.1 Å². The molecule has 3 N–H and O–H groups in total. The van der Waals surface area contributed by atoms with E-state index in [4.69, 9.17) is 15.0 Å². The van der Waals surface area contributed by atoms with Gasteiger partial charge in [-0.25, -0.2) is 0 Å². The first-order valence-corrected chi connectivity index (χ1v) is 10.9. The third-order valence-electron chi connectivity index (χ3n) is 5.82. The molecule has 1 unspecified atom stereocenters. The van der Waals surface area contributed by atoms with E-state index in [0.29, 0.717) is 41.1 Å². The van der Waals surface area contributed by atoms with Crippen LogP contribution in [0.5, 0.6) is 5.75 Å². The number of nitrogens with zero attached hydrogens (tertiary/aromatic N) is 3. The number of aromatic nitrogens is 2. The second-order valence-corrected chi connectivity index (χ2v) is 8.32. The number of allylic oxidation sites excluding steroid dienone is 3. The Morgan fingerprint density at radius 3 is 3.00 bits per heavy atom. The molecule has 4 rings (SSSR count). The Morgan fingerprint density at radius 2 is 2.25 bits per heavy atom. The van der Waals surface area contributed by atoms with Gasteiger partial charge in [0.1, 0.15) is 11.8 Å². The molecule has 1 amide bonds. The molecule has 0 saturated carbocycles. The van der Waals surface area contributed by atoms with Crippen molar-refractivity contribution in [2.24, 2.45) is 11.7 Å². The number of carbonyl (C=O) groups excluding carboxylic acids is 1. The first-order chi connectivity index (χ1) is 15.5.